The van der Waals surface area contributed by atoms with Gasteiger partial charge in [0.05, 0.1) is 23.9 Å². The summed E-state index contributed by atoms with van der Waals surface area (Å²) in [6.07, 6.45) is 2.84. The molecule has 176 valence electrons. The molecule has 0 aliphatic heterocycles. The summed E-state index contributed by atoms with van der Waals surface area (Å²) in [5, 5.41) is 6.02. The number of nitrogens with zero attached hydrogens (tertiary/aromatic N) is 1. The summed E-state index contributed by atoms with van der Waals surface area (Å²) in [5.41, 5.74) is -1.16. The van der Waals surface area contributed by atoms with Crippen LogP contribution in [0.3, 0.4) is 0 Å². The minimum Gasteiger partial charge on any atom is -0.368 e. The van der Waals surface area contributed by atoms with Gasteiger partial charge in [-0.25, -0.2) is 0 Å². The number of hydrogen-bond donors (Lipinski definition) is 2. The van der Waals surface area contributed by atoms with Crippen LogP contribution in [-0.2, 0) is 27.0 Å². The van der Waals surface area contributed by atoms with Crippen molar-refractivity contribution < 1.29 is 27.5 Å². The molecular formula is C23H30F3N3O3. The van der Waals surface area contributed by atoms with Crippen LogP contribution in [0.15, 0.2) is 18.3 Å². The maximum absolute atomic E-state index is 12.9. The highest BCUT2D eigenvalue weighted by Gasteiger charge is 2.52. The summed E-state index contributed by atoms with van der Waals surface area (Å²) >= 11 is 0. The van der Waals surface area contributed by atoms with Gasteiger partial charge in [0.15, 0.2) is 0 Å². The van der Waals surface area contributed by atoms with Crippen molar-refractivity contribution >= 4 is 11.8 Å². The lowest BCUT2D eigenvalue weighted by atomic mass is 9.57. The monoisotopic (exact) mass is 453 g/mol. The first-order valence-corrected chi connectivity index (χ1v) is 11.3. The van der Waals surface area contributed by atoms with Gasteiger partial charge in [0.1, 0.15) is 6.61 Å². The third-order valence-electron chi connectivity index (χ3n) is 7.50. The first-order valence-electron chi connectivity index (χ1n) is 11.3. The fourth-order valence-corrected chi connectivity index (χ4v) is 5.26. The average Bonchev–Trinajstić information content (AvgIpc) is 2.75. The molecule has 5 rings (SSSR count). The summed E-state index contributed by atoms with van der Waals surface area (Å²) in [7, 11) is 0. The number of pyridine rings is 1. The number of alkyl halides is 3. The second-order valence-corrected chi connectivity index (χ2v) is 9.84. The molecule has 6 nitrogen and oxygen atoms in total. The molecule has 0 atom stereocenters. The Morgan fingerprint density at radius 2 is 1.78 bits per heavy atom. The normalized spacial score (nSPS) is 31.6. The van der Waals surface area contributed by atoms with Gasteiger partial charge in [0, 0.05) is 17.2 Å². The minimum absolute atomic E-state index is 0.0822. The molecule has 9 heteroatoms. The maximum atomic E-state index is 12.9. The van der Waals surface area contributed by atoms with E-state index in [9.17, 15) is 22.8 Å². The molecule has 4 aliphatic carbocycles. The Hall–Kier alpha value is -2.16. The van der Waals surface area contributed by atoms with E-state index in [1.54, 1.807) is 0 Å². The van der Waals surface area contributed by atoms with E-state index in [1.807, 2.05) is 0 Å². The molecular weight excluding hydrogens is 423 g/mol. The number of carbonyl (C=O) groups is 2. The zero-order chi connectivity index (χ0) is 23.0. The Morgan fingerprint density at radius 3 is 2.31 bits per heavy atom. The molecule has 0 radical (unpaired) electrons. The summed E-state index contributed by atoms with van der Waals surface area (Å²) in [4.78, 5) is 29.1. The number of hydrogen-bond acceptors (Lipinski definition) is 4. The molecule has 2 amide bonds. The van der Waals surface area contributed by atoms with Crippen molar-refractivity contribution in [1.29, 1.82) is 0 Å². The highest BCUT2D eigenvalue weighted by Crippen LogP contribution is 2.52. The van der Waals surface area contributed by atoms with Crippen molar-refractivity contribution in [3.8, 4) is 0 Å². The van der Waals surface area contributed by atoms with Crippen LogP contribution in [0.1, 0.15) is 69.5 Å². The largest absolute Gasteiger partial charge is 0.417 e. The molecule has 0 spiro atoms. The standard InChI is InChI=1S/C23H30F3N3O3/c1-15-10-18(11-15)32-14-19(30)29-22-7-4-21(5-8-22,6-9-22)20(31)28-13-17-3-2-16(12-27-17)23(24,25)26/h2-3,12,15,18H,4-11,13-14H2,1H3,(H,28,31)(H,29,30). The molecule has 0 saturated heterocycles. The molecule has 1 heterocycles. The topological polar surface area (TPSA) is 80.3 Å². The van der Waals surface area contributed by atoms with Crippen molar-refractivity contribution in [3.63, 3.8) is 0 Å². The number of aromatic nitrogens is 1. The van der Waals surface area contributed by atoms with E-state index < -0.39 is 17.2 Å². The van der Waals surface area contributed by atoms with Gasteiger partial charge < -0.3 is 15.4 Å². The SMILES string of the molecule is CC1CC(OCC(=O)NC23CCC(C(=O)NCc4ccc(C(F)(F)F)cn4)(CC2)CC3)C1. The van der Waals surface area contributed by atoms with Crippen molar-refractivity contribution in [2.24, 2.45) is 11.3 Å². The van der Waals surface area contributed by atoms with E-state index in [0.29, 0.717) is 30.9 Å². The quantitative estimate of drug-likeness (QED) is 0.659. The molecule has 1 aromatic heterocycles. The third-order valence-corrected chi connectivity index (χ3v) is 7.50. The summed E-state index contributed by atoms with van der Waals surface area (Å²) < 4.78 is 43.6. The van der Waals surface area contributed by atoms with Gasteiger partial charge in [-0.2, -0.15) is 13.2 Å². The van der Waals surface area contributed by atoms with Gasteiger partial charge in [0.2, 0.25) is 11.8 Å². The Bertz CT molecular complexity index is 826. The lowest BCUT2D eigenvalue weighted by Crippen LogP contribution is -2.60. The summed E-state index contributed by atoms with van der Waals surface area (Å²) in [5.74, 6) is 0.505. The number of nitrogens with one attached hydrogen (secondary N) is 2. The minimum atomic E-state index is -4.43. The smallest absolute Gasteiger partial charge is 0.368 e. The van der Waals surface area contributed by atoms with Crippen LogP contribution in [0.2, 0.25) is 0 Å². The lowest BCUT2D eigenvalue weighted by molar-refractivity contribution is -0.142. The van der Waals surface area contributed by atoms with E-state index in [-0.39, 0.29) is 36.6 Å². The third kappa shape index (κ3) is 4.92. The lowest BCUT2D eigenvalue weighted by Gasteiger charge is -2.52. The van der Waals surface area contributed by atoms with E-state index in [4.69, 9.17) is 4.74 Å². The van der Waals surface area contributed by atoms with Crippen molar-refractivity contribution in [2.75, 3.05) is 6.61 Å². The highest BCUT2D eigenvalue weighted by atomic mass is 19.4. The van der Waals surface area contributed by atoms with E-state index in [1.165, 1.54) is 6.07 Å². The van der Waals surface area contributed by atoms with Crippen molar-refractivity contribution in [1.82, 2.24) is 15.6 Å². The molecule has 32 heavy (non-hydrogen) atoms. The number of rotatable bonds is 7. The van der Waals surface area contributed by atoms with Gasteiger partial charge in [0.25, 0.3) is 0 Å². The van der Waals surface area contributed by atoms with Crippen LogP contribution < -0.4 is 10.6 Å². The highest BCUT2D eigenvalue weighted by molar-refractivity contribution is 5.83. The van der Waals surface area contributed by atoms with Crippen LogP contribution >= 0.6 is 0 Å². The van der Waals surface area contributed by atoms with Gasteiger partial charge in [-0.05, 0) is 69.4 Å². The van der Waals surface area contributed by atoms with Crippen LogP contribution in [0.5, 0.6) is 0 Å². The molecule has 4 aliphatic rings. The molecule has 0 aromatic carbocycles. The number of halogens is 3. The molecule has 4 fully saturated rings. The van der Waals surface area contributed by atoms with Crippen molar-refractivity contribution in [2.45, 2.75) is 82.7 Å². The summed E-state index contributed by atoms with van der Waals surface area (Å²) in [6, 6.07) is 2.26. The van der Waals surface area contributed by atoms with Crippen molar-refractivity contribution in [3.05, 3.63) is 29.6 Å². The summed E-state index contributed by atoms with van der Waals surface area (Å²) in [6.45, 7) is 2.36. The van der Waals surface area contributed by atoms with Crippen LogP contribution in [-0.4, -0.2) is 35.0 Å². The van der Waals surface area contributed by atoms with E-state index >= 15 is 0 Å². The fraction of sp³-hybridized carbons (Fsp3) is 0.696. The molecule has 4 saturated carbocycles. The van der Waals surface area contributed by atoms with Gasteiger partial charge in [-0.3, -0.25) is 14.6 Å². The van der Waals surface area contributed by atoms with Crippen LogP contribution in [0.4, 0.5) is 13.2 Å². The first-order chi connectivity index (χ1) is 15.1. The number of amides is 2. The maximum Gasteiger partial charge on any atom is 0.417 e. The molecule has 2 bridgehead atoms. The molecule has 1 aromatic rings. The molecule has 0 unspecified atom stereocenters. The Labute approximate surface area is 185 Å². The second kappa shape index (κ2) is 8.65. The predicted octanol–water partition coefficient (Wildman–Crippen LogP) is 3.74. The number of ether oxygens (including phenoxy) is 1. The van der Waals surface area contributed by atoms with Crippen LogP contribution in [0.25, 0.3) is 0 Å². The van der Waals surface area contributed by atoms with Gasteiger partial charge in [-0.15, -0.1) is 0 Å². The molecule has 2 N–H and O–H groups in total. The van der Waals surface area contributed by atoms with Gasteiger partial charge in [-0.1, -0.05) is 6.92 Å². The number of carbonyl (C=O) groups excluding carboxylic acids is 2. The average molecular weight is 454 g/mol. The first kappa shape index (κ1) is 23.0. The fourth-order valence-electron chi connectivity index (χ4n) is 5.26. The van der Waals surface area contributed by atoms with Gasteiger partial charge >= 0.3 is 6.18 Å². The Morgan fingerprint density at radius 1 is 1.12 bits per heavy atom. The number of fused-ring (bicyclic) bond motifs is 3. The van der Waals surface area contributed by atoms with E-state index in [2.05, 4.69) is 22.5 Å². The van der Waals surface area contributed by atoms with E-state index in [0.717, 1.165) is 44.4 Å². The van der Waals surface area contributed by atoms with Crippen LogP contribution in [0, 0.1) is 11.3 Å². The Kier molecular flexibility index (Phi) is 6.22. The zero-order valence-corrected chi connectivity index (χ0v) is 18.3. The Balaban J connectivity index is 1.24. The second-order valence-electron chi connectivity index (χ2n) is 9.84. The predicted molar refractivity (Wildman–Crippen MR) is 110 cm³/mol. The zero-order valence-electron chi connectivity index (χ0n) is 18.3.